The van der Waals surface area contributed by atoms with Crippen molar-refractivity contribution in [3.05, 3.63) is 59.7 Å². The standard InChI is InChI=1S/C21H27N3O2/c1-16(18-4-3-5-20(15-18)26-2)23-10-12-24(13-11-23)21(25)14-17-6-8-19(22)9-7-17/h3-9,15-16H,10-14,22H2,1-2H3. The number of carbonyl (C=O) groups is 1. The zero-order chi connectivity index (χ0) is 18.5. The molecule has 1 amide bonds. The van der Waals surface area contributed by atoms with Gasteiger partial charge >= 0.3 is 0 Å². The SMILES string of the molecule is COc1cccc(C(C)N2CCN(C(=O)Cc3ccc(N)cc3)CC2)c1. The molecular weight excluding hydrogens is 326 g/mol. The first-order valence-electron chi connectivity index (χ1n) is 9.07. The van der Waals surface area contributed by atoms with Crippen molar-refractivity contribution < 1.29 is 9.53 Å². The van der Waals surface area contributed by atoms with E-state index in [1.54, 1.807) is 7.11 Å². The summed E-state index contributed by atoms with van der Waals surface area (Å²) in [6.07, 6.45) is 0.436. The Kier molecular flexibility index (Phi) is 5.78. The van der Waals surface area contributed by atoms with Gasteiger partial charge < -0.3 is 15.4 Å². The van der Waals surface area contributed by atoms with E-state index >= 15 is 0 Å². The quantitative estimate of drug-likeness (QED) is 0.840. The molecule has 3 rings (SSSR count). The zero-order valence-electron chi connectivity index (χ0n) is 15.5. The second kappa shape index (κ2) is 8.23. The van der Waals surface area contributed by atoms with Crippen molar-refractivity contribution in [2.45, 2.75) is 19.4 Å². The van der Waals surface area contributed by atoms with Crippen molar-refractivity contribution >= 4 is 11.6 Å². The van der Waals surface area contributed by atoms with Crippen LogP contribution in [0.25, 0.3) is 0 Å². The Hall–Kier alpha value is -2.53. The zero-order valence-corrected chi connectivity index (χ0v) is 15.5. The number of nitrogen functional groups attached to an aromatic ring is 1. The minimum Gasteiger partial charge on any atom is -0.497 e. The summed E-state index contributed by atoms with van der Waals surface area (Å²) in [4.78, 5) is 16.9. The van der Waals surface area contributed by atoms with Gasteiger partial charge in [-0.1, -0.05) is 24.3 Å². The van der Waals surface area contributed by atoms with E-state index < -0.39 is 0 Å². The van der Waals surface area contributed by atoms with Gasteiger partial charge in [-0.15, -0.1) is 0 Å². The molecule has 2 aromatic rings. The molecule has 0 aromatic heterocycles. The highest BCUT2D eigenvalue weighted by molar-refractivity contribution is 5.79. The van der Waals surface area contributed by atoms with E-state index in [0.717, 1.165) is 43.2 Å². The first kappa shape index (κ1) is 18.3. The van der Waals surface area contributed by atoms with E-state index in [4.69, 9.17) is 10.5 Å². The Morgan fingerprint density at radius 2 is 1.81 bits per heavy atom. The maximum absolute atomic E-state index is 12.5. The maximum atomic E-state index is 12.5. The van der Waals surface area contributed by atoms with Crippen LogP contribution in [-0.4, -0.2) is 49.0 Å². The van der Waals surface area contributed by atoms with E-state index in [9.17, 15) is 4.79 Å². The van der Waals surface area contributed by atoms with Crippen LogP contribution in [0.5, 0.6) is 5.75 Å². The van der Waals surface area contributed by atoms with Crippen LogP contribution in [0, 0.1) is 0 Å². The van der Waals surface area contributed by atoms with Gasteiger partial charge in [0.15, 0.2) is 0 Å². The second-order valence-electron chi connectivity index (χ2n) is 6.79. The summed E-state index contributed by atoms with van der Waals surface area (Å²) in [7, 11) is 1.69. The molecule has 1 unspecified atom stereocenters. The summed E-state index contributed by atoms with van der Waals surface area (Å²) in [5.74, 6) is 1.06. The van der Waals surface area contributed by atoms with Crippen molar-refractivity contribution in [1.29, 1.82) is 0 Å². The highest BCUT2D eigenvalue weighted by Crippen LogP contribution is 2.25. The largest absolute Gasteiger partial charge is 0.497 e. The first-order chi connectivity index (χ1) is 12.6. The van der Waals surface area contributed by atoms with Crippen LogP contribution in [0.1, 0.15) is 24.1 Å². The number of rotatable bonds is 5. The molecule has 0 spiro atoms. The van der Waals surface area contributed by atoms with Crippen LogP contribution < -0.4 is 10.5 Å². The van der Waals surface area contributed by atoms with Gasteiger partial charge in [0.05, 0.1) is 13.5 Å². The Morgan fingerprint density at radius 1 is 1.12 bits per heavy atom. The van der Waals surface area contributed by atoms with Crippen LogP contribution in [0.15, 0.2) is 48.5 Å². The number of nitrogens with two attached hydrogens (primary N) is 1. The molecule has 26 heavy (non-hydrogen) atoms. The Balaban J connectivity index is 1.54. The maximum Gasteiger partial charge on any atom is 0.227 e. The third-order valence-electron chi connectivity index (χ3n) is 5.13. The lowest BCUT2D eigenvalue weighted by molar-refractivity contribution is -0.132. The number of nitrogens with zero attached hydrogens (tertiary/aromatic N) is 2. The number of methoxy groups -OCH3 is 1. The molecule has 5 heteroatoms. The number of anilines is 1. The van der Waals surface area contributed by atoms with Gasteiger partial charge in [0.2, 0.25) is 5.91 Å². The molecule has 1 saturated heterocycles. The second-order valence-corrected chi connectivity index (χ2v) is 6.79. The van der Waals surface area contributed by atoms with Crippen molar-refractivity contribution in [3.63, 3.8) is 0 Å². The predicted octanol–water partition coefficient (Wildman–Crippen LogP) is 2.73. The number of amides is 1. The van der Waals surface area contributed by atoms with E-state index in [0.29, 0.717) is 12.5 Å². The van der Waals surface area contributed by atoms with Crippen molar-refractivity contribution in [2.75, 3.05) is 39.0 Å². The number of ether oxygens (including phenoxy) is 1. The summed E-state index contributed by atoms with van der Waals surface area (Å²) in [5.41, 5.74) is 8.68. The highest BCUT2D eigenvalue weighted by Gasteiger charge is 2.24. The third kappa shape index (κ3) is 4.35. The summed E-state index contributed by atoms with van der Waals surface area (Å²) >= 11 is 0. The summed E-state index contributed by atoms with van der Waals surface area (Å²) in [6.45, 7) is 5.50. The number of benzene rings is 2. The average Bonchev–Trinajstić information content (AvgIpc) is 2.69. The van der Waals surface area contributed by atoms with E-state index in [2.05, 4.69) is 24.0 Å². The minimum absolute atomic E-state index is 0.184. The summed E-state index contributed by atoms with van der Waals surface area (Å²) in [6, 6.07) is 16.0. The molecule has 1 aliphatic rings. The fourth-order valence-electron chi connectivity index (χ4n) is 3.39. The summed E-state index contributed by atoms with van der Waals surface area (Å²) in [5, 5.41) is 0. The van der Waals surface area contributed by atoms with Gasteiger partial charge in [0.25, 0.3) is 0 Å². The fourth-order valence-corrected chi connectivity index (χ4v) is 3.39. The van der Waals surface area contributed by atoms with E-state index in [1.165, 1.54) is 5.56 Å². The Morgan fingerprint density at radius 3 is 2.46 bits per heavy atom. The topological polar surface area (TPSA) is 58.8 Å². The lowest BCUT2D eigenvalue weighted by Crippen LogP contribution is -2.49. The number of hydrogen-bond acceptors (Lipinski definition) is 4. The molecule has 5 nitrogen and oxygen atoms in total. The molecule has 138 valence electrons. The molecule has 1 heterocycles. The van der Waals surface area contributed by atoms with Crippen LogP contribution in [0.3, 0.4) is 0 Å². The van der Waals surface area contributed by atoms with Crippen LogP contribution in [0.4, 0.5) is 5.69 Å². The molecule has 2 N–H and O–H groups in total. The van der Waals surface area contributed by atoms with Gasteiger partial charge in [-0.3, -0.25) is 9.69 Å². The first-order valence-corrected chi connectivity index (χ1v) is 9.07. The van der Waals surface area contributed by atoms with E-state index in [-0.39, 0.29) is 5.91 Å². The monoisotopic (exact) mass is 353 g/mol. The van der Waals surface area contributed by atoms with E-state index in [1.807, 2.05) is 41.3 Å². The van der Waals surface area contributed by atoms with Crippen molar-refractivity contribution in [3.8, 4) is 5.75 Å². The van der Waals surface area contributed by atoms with Gasteiger partial charge in [-0.05, 0) is 42.3 Å². The van der Waals surface area contributed by atoms with Gasteiger partial charge in [0, 0.05) is 37.9 Å². The number of hydrogen-bond donors (Lipinski definition) is 1. The van der Waals surface area contributed by atoms with Crippen molar-refractivity contribution in [2.24, 2.45) is 0 Å². The average molecular weight is 353 g/mol. The van der Waals surface area contributed by atoms with Gasteiger partial charge in [0.1, 0.15) is 5.75 Å². The molecule has 0 bridgehead atoms. The molecular formula is C21H27N3O2. The van der Waals surface area contributed by atoms with Crippen LogP contribution >= 0.6 is 0 Å². The predicted molar refractivity (Wildman–Crippen MR) is 104 cm³/mol. The molecule has 1 aliphatic heterocycles. The molecule has 1 atom stereocenters. The van der Waals surface area contributed by atoms with Crippen LogP contribution in [-0.2, 0) is 11.2 Å². The Labute approximate surface area is 155 Å². The lowest BCUT2D eigenvalue weighted by Gasteiger charge is -2.38. The van der Waals surface area contributed by atoms with Gasteiger partial charge in [-0.2, -0.15) is 0 Å². The fraction of sp³-hybridized carbons (Fsp3) is 0.381. The summed E-state index contributed by atoms with van der Waals surface area (Å²) < 4.78 is 5.33. The van der Waals surface area contributed by atoms with Gasteiger partial charge in [-0.25, -0.2) is 0 Å². The molecule has 0 saturated carbocycles. The molecule has 0 aliphatic carbocycles. The molecule has 1 fully saturated rings. The Bertz CT molecular complexity index is 737. The highest BCUT2D eigenvalue weighted by atomic mass is 16.5. The molecule has 2 aromatic carbocycles. The molecule has 0 radical (unpaired) electrons. The normalized spacial score (nSPS) is 16.3. The minimum atomic E-state index is 0.184. The lowest BCUT2D eigenvalue weighted by atomic mass is 10.1. The van der Waals surface area contributed by atoms with Crippen LogP contribution in [0.2, 0.25) is 0 Å². The van der Waals surface area contributed by atoms with Crippen molar-refractivity contribution in [1.82, 2.24) is 9.80 Å². The third-order valence-corrected chi connectivity index (χ3v) is 5.13. The number of piperazine rings is 1. The smallest absolute Gasteiger partial charge is 0.227 e. The number of carbonyl (C=O) groups excluding carboxylic acids is 1.